The maximum Gasteiger partial charge on any atom is 0.322 e. The summed E-state index contributed by atoms with van der Waals surface area (Å²) in [5, 5.41) is 2.97. The van der Waals surface area contributed by atoms with Crippen molar-refractivity contribution >= 4 is 23.7 Å². The van der Waals surface area contributed by atoms with Crippen molar-refractivity contribution in [1.29, 1.82) is 0 Å². The Hall–Kier alpha value is -5.11. The van der Waals surface area contributed by atoms with Gasteiger partial charge >= 0.3 is 18.0 Å². The molecule has 0 radical (unpaired) electrons. The van der Waals surface area contributed by atoms with Crippen LogP contribution in [-0.4, -0.2) is 36.1 Å². The summed E-state index contributed by atoms with van der Waals surface area (Å²) >= 11 is 0. The molecule has 0 unspecified atom stereocenters. The van der Waals surface area contributed by atoms with Crippen LogP contribution in [0, 0.1) is 0 Å². The van der Waals surface area contributed by atoms with Gasteiger partial charge in [0.2, 0.25) is 0 Å². The third kappa shape index (κ3) is 9.74. The van der Waals surface area contributed by atoms with E-state index in [-0.39, 0.29) is 32.1 Å². The normalized spacial score (nSPS) is 10.5. The van der Waals surface area contributed by atoms with Crippen molar-refractivity contribution in [2.75, 3.05) is 18.5 Å². The molecule has 43 heavy (non-hydrogen) atoms. The Morgan fingerprint density at radius 1 is 0.628 bits per heavy atom. The average Bonchev–Trinajstić information content (AvgIpc) is 3.00. The number of benzene rings is 4. The quantitative estimate of drug-likeness (QED) is 0.173. The van der Waals surface area contributed by atoms with Gasteiger partial charge in [0.05, 0.1) is 26.1 Å². The fourth-order valence-corrected chi connectivity index (χ4v) is 4.49. The van der Waals surface area contributed by atoms with Gasteiger partial charge in [-0.2, -0.15) is 0 Å². The van der Waals surface area contributed by atoms with Gasteiger partial charge in [-0.15, -0.1) is 0 Å². The van der Waals surface area contributed by atoms with Gasteiger partial charge < -0.3 is 24.4 Å². The van der Waals surface area contributed by atoms with Gasteiger partial charge in [-0.1, -0.05) is 66.7 Å². The van der Waals surface area contributed by atoms with Crippen LogP contribution in [0.3, 0.4) is 0 Å². The molecule has 4 aromatic carbocycles. The summed E-state index contributed by atoms with van der Waals surface area (Å²) < 4.78 is 16.1. The summed E-state index contributed by atoms with van der Waals surface area (Å²) in [6, 6.07) is 31.8. The fourth-order valence-electron chi connectivity index (χ4n) is 4.49. The van der Waals surface area contributed by atoms with Crippen LogP contribution in [0.15, 0.2) is 103 Å². The summed E-state index contributed by atoms with van der Waals surface area (Å²) in [6.45, 7) is 4.72. The zero-order chi connectivity index (χ0) is 30.4. The molecule has 0 bridgehead atoms. The second-order valence-electron chi connectivity index (χ2n) is 9.78. The number of carbonyl (C=O) groups excluding carboxylic acids is 3. The maximum absolute atomic E-state index is 13.6. The van der Waals surface area contributed by atoms with Gasteiger partial charge in [-0.25, -0.2) is 4.79 Å². The van der Waals surface area contributed by atoms with Crippen LogP contribution in [0.25, 0.3) is 0 Å². The lowest BCUT2D eigenvalue weighted by Crippen LogP contribution is -2.34. The molecule has 0 atom stereocenters. The predicted octanol–water partition coefficient (Wildman–Crippen LogP) is 6.92. The number of carbonyl (C=O) groups is 3. The highest BCUT2D eigenvalue weighted by molar-refractivity contribution is 5.90. The van der Waals surface area contributed by atoms with Crippen molar-refractivity contribution in [2.24, 2.45) is 0 Å². The highest BCUT2D eigenvalue weighted by Gasteiger charge is 2.18. The number of urea groups is 1. The van der Waals surface area contributed by atoms with Gasteiger partial charge in [-0.05, 0) is 72.5 Å². The minimum absolute atomic E-state index is 0.0148. The van der Waals surface area contributed by atoms with Crippen LogP contribution < -0.4 is 10.1 Å². The molecule has 0 saturated carbocycles. The third-order valence-corrected chi connectivity index (χ3v) is 6.52. The van der Waals surface area contributed by atoms with E-state index in [2.05, 4.69) is 5.32 Å². The van der Waals surface area contributed by atoms with Gasteiger partial charge in [0, 0.05) is 18.8 Å². The van der Waals surface area contributed by atoms with Crippen LogP contribution >= 0.6 is 0 Å². The van der Waals surface area contributed by atoms with E-state index in [4.69, 9.17) is 14.2 Å². The molecule has 0 aliphatic heterocycles. The van der Waals surface area contributed by atoms with Crippen molar-refractivity contribution in [1.82, 2.24) is 4.90 Å². The minimum atomic E-state index is -0.415. The van der Waals surface area contributed by atoms with Gasteiger partial charge in [0.15, 0.2) is 0 Å². The van der Waals surface area contributed by atoms with Gasteiger partial charge in [-0.3, -0.25) is 9.59 Å². The van der Waals surface area contributed by atoms with Crippen LogP contribution in [-0.2, 0) is 45.0 Å². The number of ether oxygens (including phenoxy) is 3. The number of nitrogens with one attached hydrogen (secondary N) is 1. The smallest absolute Gasteiger partial charge is 0.322 e. The Morgan fingerprint density at radius 3 is 1.77 bits per heavy atom. The number of rotatable bonds is 13. The number of anilines is 1. The summed E-state index contributed by atoms with van der Waals surface area (Å²) in [7, 11) is 0. The Bertz CT molecular complexity index is 1490. The van der Waals surface area contributed by atoms with E-state index < -0.39 is 11.9 Å². The van der Waals surface area contributed by atoms with Crippen LogP contribution in [0.2, 0.25) is 0 Å². The third-order valence-electron chi connectivity index (χ3n) is 6.52. The number of esters is 2. The van der Waals surface area contributed by atoms with E-state index in [1.807, 2.05) is 84.9 Å². The Morgan fingerprint density at radius 2 is 1.16 bits per heavy atom. The first-order valence-electron chi connectivity index (χ1n) is 14.3. The molecule has 4 rings (SSSR count). The molecule has 0 spiro atoms. The Balaban J connectivity index is 1.52. The lowest BCUT2D eigenvalue weighted by atomic mass is 10.0. The first-order chi connectivity index (χ1) is 20.9. The van der Waals surface area contributed by atoms with E-state index >= 15 is 0 Å². The largest absolute Gasteiger partial charge is 0.466 e. The monoisotopic (exact) mass is 580 g/mol. The zero-order valence-electron chi connectivity index (χ0n) is 24.5. The molecular formula is C35H36N2O6. The Kier molecular flexibility index (Phi) is 11.3. The number of para-hydroxylation sites is 1. The molecule has 1 N–H and O–H groups in total. The number of hydrogen-bond donors (Lipinski definition) is 1. The van der Waals surface area contributed by atoms with E-state index in [9.17, 15) is 14.4 Å². The van der Waals surface area contributed by atoms with Gasteiger partial charge in [0.25, 0.3) is 0 Å². The predicted molar refractivity (Wildman–Crippen MR) is 165 cm³/mol. The van der Waals surface area contributed by atoms with E-state index in [1.165, 1.54) is 0 Å². The SMILES string of the molecule is CCOC(=O)Cc1ccc(NC(=O)N(Cc2ccccc2)Cc2ccc(Oc3ccccc3)cc2)cc1CC(=O)OCC. The fraction of sp³-hybridized carbons (Fsp3) is 0.229. The van der Waals surface area contributed by atoms with Crippen molar-refractivity contribution in [3.8, 4) is 11.5 Å². The van der Waals surface area contributed by atoms with E-state index in [0.29, 0.717) is 35.7 Å². The first-order valence-corrected chi connectivity index (χ1v) is 14.3. The second kappa shape index (κ2) is 15.8. The Labute approximate surface area is 252 Å². The van der Waals surface area contributed by atoms with Crippen LogP contribution in [0.4, 0.5) is 10.5 Å². The molecule has 0 aliphatic carbocycles. The lowest BCUT2D eigenvalue weighted by molar-refractivity contribution is -0.143. The number of hydrogen-bond acceptors (Lipinski definition) is 6. The highest BCUT2D eigenvalue weighted by Crippen LogP contribution is 2.23. The standard InChI is InChI=1S/C35H36N2O6/c1-3-41-33(38)22-28-17-18-30(21-29(28)23-34(39)42-4-2)36-35(40)37(24-26-11-7-5-8-12-26)25-27-15-19-32(20-16-27)43-31-13-9-6-10-14-31/h5-21H,3-4,22-25H2,1-2H3,(H,36,40). The van der Waals surface area contributed by atoms with Crippen molar-refractivity contribution < 1.29 is 28.6 Å². The minimum Gasteiger partial charge on any atom is -0.466 e. The summed E-state index contributed by atoms with van der Waals surface area (Å²) in [6.07, 6.45) is -0.0155. The molecule has 222 valence electrons. The molecule has 8 heteroatoms. The average molecular weight is 581 g/mol. The summed E-state index contributed by atoms with van der Waals surface area (Å²) in [5.41, 5.74) is 3.65. The summed E-state index contributed by atoms with van der Waals surface area (Å²) in [5.74, 6) is 0.641. The highest BCUT2D eigenvalue weighted by atomic mass is 16.5. The van der Waals surface area contributed by atoms with Crippen molar-refractivity contribution in [3.05, 3.63) is 125 Å². The van der Waals surface area contributed by atoms with E-state index in [0.717, 1.165) is 16.9 Å². The molecular weight excluding hydrogens is 544 g/mol. The topological polar surface area (TPSA) is 94.2 Å². The van der Waals surface area contributed by atoms with Crippen LogP contribution in [0.1, 0.15) is 36.1 Å². The van der Waals surface area contributed by atoms with Crippen molar-refractivity contribution in [2.45, 2.75) is 39.8 Å². The molecule has 0 fully saturated rings. The molecule has 8 nitrogen and oxygen atoms in total. The molecule has 0 heterocycles. The van der Waals surface area contributed by atoms with Crippen LogP contribution in [0.5, 0.6) is 11.5 Å². The van der Waals surface area contributed by atoms with Gasteiger partial charge in [0.1, 0.15) is 11.5 Å². The lowest BCUT2D eigenvalue weighted by Gasteiger charge is -2.24. The number of amides is 2. The molecule has 0 aliphatic rings. The van der Waals surface area contributed by atoms with Crippen molar-refractivity contribution in [3.63, 3.8) is 0 Å². The molecule has 0 saturated heterocycles. The van der Waals surface area contributed by atoms with E-state index in [1.54, 1.807) is 36.9 Å². The molecule has 4 aromatic rings. The zero-order valence-corrected chi connectivity index (χ0v) is 24.5. The maximum atomic E-state index is 13.6. The summed E-state index contributed by atoms with van der Waals surface area (Å²) in [4.78, 5) is 39.8. The first kappa shape index (κ1) is 30.8. The molecule has 0 aromatic heterocycles. The molecule has 2 amide bonds. The number of nitrogens with zero attached hydrogens (tertiary/aromatic N) is 1. The second-order valence-corrected chi connectivity index (χ2v) is 9.78.